The van der Waals surface area contributed by atoms with Crippen molar-refractivity contribution in [2.45, 2.75) is 45.7 Å². The van der Waals surface area contributed by atoms with Crippen LogP contribution in [0, 0.1) is 5.92 Å². The predicted molar refractivity (Wildman–Crippen MR) is 75.5 cm³/mol. The Morgan fingerprint density at radius 3 is 2.74 bits per heavy atom. The maximum absolute atomic E-state index is 5.72. The monoisotopic (exact) mass is 285 g/mol. The molecule has 5 nitrogen and oxygen atoms in total. The molecular weight excluding hydrogens is 262 g/mol. The lowest BCUT2D eigenvalue weighted by Crippen LogP contribution is -2.35. The molecule has 0 radical (unpaired) electrons. The summed E-state index contributed by atoms with van der Waals surface area (Å²) < 4.78 is 11.1. The Bertz CT molecular complexity index is 383. The van der Waals surface area contributed by atoms with Crippen LogP contribution < -0.4 is 10.1 Å². The molecular formula is C13H23N3O2S. The quantitative estimate of drug-likeness (QED) is 0.899. The third-order valence-electron chi connectivity index (χ3n) is 3.00. The van der Waals surface area contributed by atoms with Crippen molar-refractivity contribution in [1.82, 2.24) is 15.5 Å². The van der Waals surface area contributed by atoms with Crippen LogP contribution in [0.3, 0.4) is 0 Å². The molecule has 1 N–H and O–H groups in total. The van der Waals surface area contributed by atoms with Crippen molar-refractivity contribution in [2.24, 2.45) is 5.92 Å². The third-order valence-corrected chi connectivity index (χ3v) is 3.84. The second-order valence-corrected chi connectivity index (χ2v) is 6.96. The molecule has 0 unspecified atom stereocenters. The molecule has 1 saturated heterocycles. The summed E-state index contributed by atoms with van der Waals surface area (Å²) in [6.07, 6.45) is 2.16. The Morgan fingerprint density at radius 1 is 1.32 bits per heavy atom. The molecule has 1 aromatic heterocycles. The zero-order chi connectivity index (χ0) is 13.7. The van der Waals surface area contributed by atoms with E-state index in [0.717, 1.165) is 44.2 Å². The van der Waals surface area contributed by atoms with Crippen LogP contribution in [-0.2, 0) is 11.3 Å². The van der Waals surface area contributed by atoms with Crippen molar-refractivity contribution in [3.05, 3.63) is 5.01 Å². The Kier molecular flexibility index (Phi) is 5.13. The molecule has 0 saturated carbocycles. The minimum atomic E-state index is 0.0921. The van der Waals surface area contributed by atoms with E-state index in [0.29, 0.717) is 11.1 Å². The van der Waals surface area contributed by atoms with Gasteiger partial charge in [-0.05, 0) is 39.5 Å². The minimum Gasteiger partial charge on any atom is -0.469 e. The van der Waals surface area contributed by atoms with Crippen LogP contribution in [0.5, 0.6) is 5.19 Å². The van der Waals surface area contributed by atoms with Gasteiger partial charge in [-0.3, -0.25) is 0 Å². The fourth-order valence-electron chi connectivity index (χ4n) is 1.81. The van der Waals surface area contributed by atoms with Crippen molar-refractivity contribution in [2.75, 3.05) is 19.8 Å². The first kappa shape index (κ1) is 14.7. The van der Waals surface area contributed by atoms with Crippen molar-refractivity contribution in [1.29, 1.82) is 0 Å². The van der Waals surface area contributed by atoms with Gasteiger partial charge in [-0.25, -0.2) is 0 Å². The van der Waals surface area contributed by atoms with Gasteiger partial charge in [-0.2, -0.15) is 0 Å². The van der Waals surface area contributed by atoms with Gasteiger partial charge in [0.2, 0.25) is 0 Å². The Hall–Kier alpha value is -0.720. The molecule has 19 heavy (non-hydrogen) atoms. The van der Waals surface area contributed by atoms with Crippen molar-refractivity contribution < 1.29 is 9.47 Å². The van der Waals surface area contributed by atoms with Gasteiger partial charge in [0.1, 0.15) is 5.01 Å². The maximum atomic E-state index is 5.72. The van der Waals surface area contributed by atoms with Crippen molar-refractivity contribution in [3.8, 4) is 5.19 Å². The zero-order valence-electron chi connectivity index (χ0n) is 11.9. The highest BCUT2D eigenvalue weighted by Gasteiger charge is 2.16. The molecule has 0 aliphatic carbocycles. The second kappa shape index (κ2) is 6.63. The lowest BCUT2D eigenvalue weighted by atomic mass is 10.0. The summed E-state index contributed by atoms with van der Waals surface area (Å²) in [5.74, 6) is 0.591. The van der Waals surface area contributed by atoms with Crippen LogP contribution >= 0.6 is 11.3 Å². The van der Waals surface area contributed by atoms with Crippen LogP contribution in [0.1, 0.15) is 38.6 Å². The van der Waals surface area contributed by atoms with Crippen LogP contribution in [0.15, 0.2) is 0 Å². The van der Waals surface area contributed by atoms with E-state index < -0.39 is 0 Å². The SMILES string of the molecule is CC(C)(C)NCc1nnc(OCC2CCOCC2)s1. The maximum Gasteiger partial charge on any atom is 0.294 e. The molecule has 0 aromatic carbocycles. The minimum absolute atomic E-state index is 0.0921. The van der Waals surface area contributed by atoms with E-state index in [9.17, 15) is 0 Å². The van der Waals surface area contributed by atoms with Gasteiger partial charge in [-0.15, -0.1) is 10.2 Å². The fraction of sp³-hybridized carbons (Fsp3) is 0.846. The summed E-state index contributed by atoms with van der Waals surface area (Å²) in [6.45, 7) is 9.58. The van der Waals surface area contributed by atoms with E-state index in [1.807, 2.05) is 0 Å². The zero-order valence-corrected chi connectivity index (χ0v) is 12.8. The van der Waals surface area contributed by atoms with E-state index in [1.54, 1.807) is 0 Å². The summed E-state index contributed by atoms with van der Waals surface area (Å²) in [4.78, 5) is 0. The molecule has 0 amide bonds. The highest BCUT2D eigenvalue weighted by atomic mass is 32.1. The summed E-state index contributed by atoms with van der Waals surface area (Å²) >= 11 is 1.52. The average Bonchev–Trinajstić information content (AvgIpc) is 2.82. The van der Waals surface area contributed by atoms with Crippen LogP contribution in [0.25, 0.3) is 0 Å². The fourth-order valence-corrected chi connectivity index (χ4v) is 2.45. The first-order valence-corrected chi connectivity index (χ1v) is 7.62. The van der Waals surface area contributed by atoms with E-state index in [4.69, 9.17) is 9.47 Å². The number of hydrogen-bond donors (Lipinski definition) is 1. The van der Waals surface area contributed by atoms with Gasteiger partial charge >= 0.3 is 0 Å². The highest BCUT2D eigenvalue weighted by Crippen LogP contribution is 2.21. The molecule has 1 aromatic rings. The number of rotatable bonds is 5. The summed E-state index contributed by atoms with van der Waals surface area (Å²) in [7, 11) is 0. The molecule has 1 aliphatic rings. The van der Waals surface area contributed by atoms with E-state index in [-0.39, 0.29) is 5.54 Å². The van der Waals surface area contributed by atoms with Gasteiger partial charge in [-0.1, -0.05) is 11.3 Å². The van der Waals surface area contributed by atoms with Gasteiger partial charge in [0.15, 0.2) is 0 Å². The molecule has 1 aliphatic heterocycles. The van der Waals surface area contributed by atoms with Gasteiger partial charge in [0.25, 0.3) is 5.19 Å². The highest BCUT2D eigenvalue weighted by molar-refractivity contribution is 7.13. The van der Waals surface area contributed by atoms with E-state index in [2.05, 4.69) is 36.3 Å². The number of ether oxygens (including phenoxy) is 2. The third kappa shape index (κ3) is 5.42. The Balaban J connectivity index is 1.74. The Morgan fingerprint density at radius 2 is 2.05 bits per heavy atom. The number of hydrogen-bond acceptors (Lipinski definition) is 6. The van der Waals surface area contributed by atoms with Crippen LogP contribution in [0.4, 0.5) is 0 Å². The Labute approximate surface area is 118 Å². The number of aromatic nitrogens is 2. The molecule has 2 rings (SSSR count). The molecule has 0 bridgehead atoms. The topological polar surface area (TPSA) is 56.3 Å². The molecule has 2 heterocycles. The first-order valence-electron chi connectivity index (χ1n) is 6.81. The molecule has 1 fully saturated rings. The average molecular weight is 285 g/mol. The molecule has 0 spiro atoms. The summed E-state index contributed by atoms with van der Waals surface area (Å²) in [6, 6.07) is 0. The standard InChI is InChI=1S/C13H23N3O2S/c1-13(2,3)14-8-11-15-16-12(19-11)18-9-10-4-6-17-7-5-10/h10,14H,4-9H2,1-3H3. The second-order valence-electron chi connectivity index (χ2n) is 5.93. The van der Waals surface area contributed by atoms with Gasteiger partial charge in [0.05, 0.1) is 13.2 Å². The van der Waals surface area contributed by atoms with Gasteiger partial charge in [0, 0.05) is 18.8 Å². The summed E-state index contributed by atoms with van der Waals surface area (Å²) in [5, 5.41) is 13.3. The van der Waals surface area contributed by atoms with E-state index >= 15 is 0 Å². The summed E-state index contributed by atoms with van der Waals surface area (Å²) in [5.41, 5.74) is 0.0921. The normalized spacial score (nSPS) is 17.6. The van der Waals surface area contributed by atoms with Crippen molar-refractivity contribution >= 4 is 11.3 Å². The lowest BCUT2D eigenvalue weighted by Gasteiger charge is -2.21. The molecule has 0 atom stereocenters. The largest absolute Gasteiger partial charge is 0.469 e. The first-order chi connectivity index (χ1) is 9.03. The number of nitrogens with one attached hydrogen (secondary N) is 1. The lowest BCUT2D eigenvalue weighted by molar-refractivity contribution is 0.0496. The number of nitrogens with zero attached hydrogens (tertiary/aromatic N) is 2. The van der Waals surface area contributed by atoms with Gasteiger partial charge < -0.3 is 14.8 Å². The van der Waals surface area contributed by atoms with Crippen LogP contribution in [0.2, 0.25) is 0 Å². The van der Waals surface area contributed by atoms with E-state index in [1.165, 1.54) is 11.3 Å². The van der Waals surface area contributed by atoms with Crippen molar-refractivity contribution in [3.63, 3.8) is 0 Å². The predicted octanol–water partition coefficient (Wildman–Crippen LogP) is 2.23. The van der Waals surface area contributed by atoms with Crippen LogP contribution in [-0.4, -0.2) is 35.6 Å². The molecule has 6 heteroatoms. The molecule has 108 valence electrons. The smallest absolute Gasteiger partial charge is 0.294 e.